The average molecular weight is 224 g/mol. The lowest BCUT2D eigenvalue weighted by Gasteiger charge is -2.30. The molecule has 0 aromatic rings. The molecule has 2 rings (SSSR count). The van der Waals surface area contributed by atoms with Gasteiger partial charge in [-0.1, -0.05) is 32.6 Å². The summed E-state index contributed by atoms with van der Waals surface area (Å²) in [7, 11) is 0. The largest absolute Gasteiger partial charge is 0.286 e. The minimum Gasteiger partial charge on any atom is -0.286 e. The molecule has 94 valence electrons. The van der Waals surface area contributed by atoms with Gasteiger partial charge in [0.1, 0.15) is 0 Å². The van der Waals surface area contributed by atoms with Gasteiger partial charge in [0.2, 0.25) is 0 Å². The van der Waals surface area contributed by atoms with Gasteiger partial charge in [-0.15, -0.1) is 0 Å². The molecule has 2 aliphatic heterocycles. The van der Waals surface area contributed by atoms with Crippen LogP contribution in [0.1, 0.15) is 58.8 Å². The summed E-state index contributed by atoms with van der Waals surface area (Å²) in [6.45, 7) is 8.65. The maximum absolute atomic E-state index is 2.72. The zero-order valence-corrected chi connectivity index (χ0v) is 11.1. The van der Waals surface area contributed by atoms with E-state index in [-0.39, 0.29) is 0 Å². The van der Waals surface area contributed by atoms with Gasteiger partial charge in [-0.25, -0.2) is 0 Å². The van der Waals surface area contributed by atoms with Crippen LogP contribution in [-0.4, -0.2) is 41.6 Å². The number of fused-ring (bicyclic) bond motifs is 1. The molecule has 0 radical (unpaired) electrons. The first-order chi connectivity index (χ1) is 7.83. The molecule has 2 heteroatoms. The van der Waals surface area contributed by atoms with Crippen LogP contribution in [0, 0.1) is 0 Å². The SMILES string of the molecule is CCCCCCN1CN2CCCC[C@@H]2[C@@H]1C. The maximum atomic E-state index is 2.72. The third-order valence-corrected chi connectivity index (χ3v) is 4.46. The molecule has 0 unspecified atom stereocenters. The van der Waals surface area contributed by atoms with Crippen molar-refractivity contribution in [3.05, 3.63) is 0 Å². The van der Waals surface area contributed by atoms with Gasteiger partial charge in [0.05, 0.1) is 6.67 Å². The lowest BCUT2D eigenvalue weighted by molar-refractivity contribution is 0.184. The van der Waals surface area contributed by atoms with Crippen LogP contribution in [0.5, 0.6) is 0 Å². The lowest BCUT2D eigenvalue weighted by atomic mass is 9.99. The Hall–Kier alpha value is -0.0800. The van der Waals surface area contributed by atoms with E-state index < -0.39 is 0 Å². The van der Waals surface area contributed by atoms with Crippen molar-refractivity contribution in [2.75, 3.05) is 19.8 Å². The van der Waals surface area contributed by atoms with Crippen molar-refractivity contribution in [2.24, 2.45) is 0 Å². The van der Waals surface area contributed by atoms with Crippen LogP contribution in [-0.2, 0) is 0 Å². The molecule has 0 spiro atoms. The summed E-state index contributed by atoms with van der Waals surface area (Å²) in [6, 6.07) is 1.68. The van der Waals surface area contributed by atoms with Gasteiger partial charge < -0.3 is 0 Å². The minimum absolute atomic E-state index is 0.807. The summed E-state index contributed by atoms with van der Waals surface area (Å²) in [5.74, 6) is 0. The van der Waals surface area contributed by atoms with E-state index in [1.54, 1.807) is 0 Å². The summed E-state index contributed by atoms with van der Waals surface area (Å²) in [5, 5.41) is 0. The van der Waals surface area contributed by atoms with E-state index in [1.807, 2.05) is 0 Å². The molecule has 0 bridgehead atoms. The van der Waals surface area contributed by atoms with Crippen molar-refractivity contribution < 1.29 is 0 Å². The highest BCUT2D eigenvalue weighted by Crippen LogP contribution is 2.28. The highest BCUT2D eigenvalue weighted by Gasteiger charge is 2.37. The van der Waals surface area contributed by atoms with Crippen molar-refractivity contribution >= 4 is 0 Å². The monoisotopic (exact) mass is 224 g/mol. The Balaban J connectivity index is 1.74. The maximum Gasteiger partial charge on any atom is 0.0512 e. The van der Waals surface area contributed by atoms with Crippen molar-refractivity contribution in [3.8, 4) is 0 Å². The van der Waals surface area contributed by atoms with Crippen LogP contribution in [0.4, 0.5) is 0 Å². The predicted octanol–water partition coefficient (Wildman–Crippen LogP) is 3.08. The molecule has 2 saturated heterocycles. The standard InChI is InChI=1S/C14H28N2/c1-3-4-5-7-10-15-12-16-11-8-6-9-14(16)13(15)2/h13-14H,3-12H2,1-2H3/t13-,14+/m0/s1. The van der Waals surface area contributed by atoms with Crippen molar-refractivity contribution in [3.63, 3.8) is 0 Å². The molecular formula is C14H28N2. The third-order valence-electron chi connectivity index (χ3n) is 4.46. The molecule has 0 aliphatic carbocycles. The molecule has 16 heavy (non-hydrogen) atoms. The Morgan fingerprint density at radius 1 is 1.12 bits per heavy atom. The first kappa shape index (κ1) is 12.4. The van der Waals surface area contributed by atoms with Crippen LogP contribution in [0.2, 0.25) is 0 Å². The molecule has 0 aromatic carbocycles. The van der Waals surface area contributed by atoms with Gasteiger partial charge >= 0.3 is 0 Å². The summed E-state index contributed by atoms with van der Waals surface area (Å²) in [4.78, 5) is 5.43. The second kappa shape index (κ2) is 6.02. The second-order valence-electron chi connectivity index (χ2n) is 5.63. The summed E-state index contributed by atoms with van der Waals surface area (Å²) < 4.78 is 0. The van der Waals surface area contributed by atoms with Gasteiger partial charge in [0.15, 0.2) is 0 Å². The molecule has 0 saturated carbocycles. The van der Waals surface area contributed by atoms with E-state index in [4.69, 9.17) is 0 Å². The fourth-order valence-electron chi connectivity index (χ4n) is 3.36. The molecule has 0 aromatic heterocycles. The fraction of sp³-hybridized carbons (Fsp3) is 1.00. The minimum atomic E-state index is 0.807. The second-order valence-corrected chi connectivity index (χ2v) is 5.63. The smallest absolute Gasteiger partial charge is 0.0512 e. The number of nitrogens with zero attached hydrogens (tertiary/aromatic N) is 2. The molecule has 2 heterocycles. The normalized spacial score (nSPS) is 31.9. The van der Waals surface area contributed by atoms with Crippen LogP contribution in [0.3, 0.4) is 0 Å². The van der Waals surface area contributed by atoms with Crippen molar-refractivity contribution in [2.45, 2.75) is 70.9 Å². The van der Waals surface area contributed by atoms with Crippen LogP contribution < -0.4 is 0 Å². The third kappa shape index (κ3) is 2.78. The van der Waals surface area contributed by atoms with Crippen LogP contribution >= 0.6 is 0 Å². The Labute approximate surface area is 101 Å². The van der Waals surface area contributed by atoms with Crippen LogP contribution in [0.25, 0.3) is 0 Å². The Kier molecular flexibility index (Phi) is 4.66. The van der Waals surface area contributed by atoms with E-state index in [0.29, 0.717) is 0 Å². The summed E-state index contributed by atoms with van der Waals surface area (Å²) >= 11 is 0. The van der Waals surface area contributed by atoms with Crippen molar-refractivity contribution in [1.82, 2.24) is 9.80 Å². The number of piperidine rings is 1. The number of rotatable bonds is 5. The zero-order valence-electron chi connectivity index (χ0n) is 11.1. The van der Waals surface area contributed by atoms with Crippen molar-refractivity contribution in [1.29, 1.82) is 0 Å². The molecule has 2 aliphatic rings. The summed E-state index contributed by atoms with van der Waals surface area (Å²) in [6.07, 6.45) is 9.90. The number of hydrogen-bond donors (Lipinski definition) is 0. The zero-order chi connectivity index (χ0) is 11.4. The Morgan fingerprint density at radius 2 is 2.00 bits per heavy atom. The average Bonchev–Trinajstić information content (AvgIpc) is 2.63. The summed E-state index contributed by atoms with van der Waals surface area (Å²) in [5.41, 5.74) is 0. The quantitative estimate of drug-likeness (QED) is 0.662. The molecule has 2 atom stereocenters. The van der Waals surface area contributed by atoms with E-state index in [1.165, 1.54) is 64.7 Å². The first-order valence-electron chi connectivity index (χ1n) is 7.31. The highest BCUT2D eigenvalue weighted by atomic mass is 15.4. The Bertz CT molecular complexity index is 205. The lowest BCUT2D eigenvalue weighted by Crippen LogP contribution is -2.38. The van der Waals surface area contributed by atoms with E-state index in [2.05, 4.69) is 23.6 Å². The van der Waals surface area contributed by atoms with E-state index in [9.17, 15) is 0 Å². The molecule has 2 nitrogen and oxygen atoms in total. The number of unbranched alkanes of at least 4 members (excludes halogenated alkanes) is 3. The highest BCUT2D eigenvalue weighted by molar-refractivity contribution is 4.92. The van der Waals surface area contributed by atoms with Gasteiger partial charge in [0, 0.05) is 12.1 Å². The first-order valence-corrected chi connectivity index (χ1v) is 7.31. The van der Waals surface area contributed by atoms with Gasteiger partial charge in [0.25, 0.3) is 0 Å². The van der Waals surface area contributed by atoms with E-state index in [0.717, 1.165) is 12.1 Å². The molecule has 0 N–H and O–H groups in total. The Morgan fingerprint density at radius 3 is 2.75 bits per heavy atom. The van der Waals surface area contributed by atoms with Gasteiger partial charge in [-0.05, 0) is 39.3 Å². The molecular weight excluding hydrogens is 196 g/mol. The van der Waals surface area contributed by atoms with Crippen LogP contribution in [0.15, 0.2) is 0 Å². The topological polar surface area (TPSA) is 6.48 Å². The van der Waals surface area contributed by atoms with E-state index >= 15 is 0 Å². The van der Waals surface area contributed by atoms with Gasteiger partial charge in [-0.3, -0.25) is 9.80 Å². The van der Waals surface area contributed by atoms with Gasteiger partial charge in [-0.2, -0.15) is 0 Å². The predicted molar refractivity (Wildman–Crippen MR) is 69.5 cm³/mol. The molecule has 2 fully saturated rings. The fourth-order valence-corrected chi connectivity index (χ4v) is 3.36. The molecule has 0 amide bonds. The number of hydrogen-bond acceptors (Lipinski definition) is 2.